The molecule has 3 fully saturated rings. The predicted octanol–water partition coefficient (Wildman–Crippen LogP) is 2.50. The zero-order valence-electron chi connectivity index (χ0n) is 14.8. The van der Waals surface area contributed by atoms with Crippen LogP contribution in [0.5, 0.6) is 0 Å². The maximum Gasteiger partial charge on any atom is 0.243 e. The Bertz CT molecular complexity index is 658. The first-order chi connectivity index (χ1) is 11.6. The standard InChI is InChI=1S/C19H26N4O/c1-4-16(24)23-18(14-5-7-15(8-6-14)21(2)3)19-17(20-23)13-9-11-22(19)12-10-13/h5-8,13,18-19H,4,9-12H2,1-3H3/t18-,19-/m1/s1. The average Bonchev–Trinajstić information content (AvgIpc) is 3.04. The van der Waals surface area contributed by atoms with Crippen LogP contribution in [0, 0.1) is 5.92 Å². The van der Waals surface area contributed by atoms with E-state index in [1.165, 1.54) is 29.8 Å². The van der Waals surface area contributed by atoms with Crippen molar-refractivity contribution in [2.45, 2.75) is 38.3 Å². The number of benzene rings is 1. The van der Waals surface area contributed by atoms with Gasteiger partial charge in [-0.25, -0.2) is 5.01 Å². The van der Waals surface area contributed by atoms with Gasteiger partial charge in [-0.2, -0.15) is 5.10 Å². The largest absolute Gasteiger partial charge is 0.378 e. The Balaban J connectivity index is 1.72. The van der Waals surface area contributed by atoms with Crippen LogP contribution >= 0.6 is 0 Å². The molecule has 0 spiro atoms. The molecular weight excluding hydrogens is 300 g/mol. The van der Waals surface area contributed by atoms with Crippen molar-refractivity contribution in [3.05, 3.63) is 29.8 Å². The average molecular weight is 326 g/mol. The van der Waals surface area contributed by atoms with E-state index in [4.69, 9.17) is 5.10 Å². The lowest BCUT2D eigenvalue weighted by Crippen LogP contribution is -2.56. The second-order valence-electron chi connectivity index (χ2n) is 7.30. The van der Waals surface area contributed by atoms with Crippen LogP contribution in [-0.4, -0.2) is 54.8 Å². The number of fused-ring (bicyclic) bond motifs is 2. The molecule has 4 aliphatic heterocycles. The van der Waals surface area contributed by atoms with Crippen LogP contribution in [0.2, 0.25) is 0 Å². The molecule has 3 saturated heterocycles. The molecule has 5 heteroatoms. The van der Waals surface area contributed by atoms with E-state index >= 15 is 0 Å². The van der Waals surface area contributed by atoms with Crippen molar-refractivity contribution in [2.75, 3.05) is 32.1 Å². The Kier molecular flexibility index (Phi) is 3.83. The van der Waals surface area contributed by atoms with Crippen LogP contribution in [0.25, 0.3) is 0 Å². The van der Waals surface area contributed by atoms with E-state index in [1.54, 1.807) is 5.01 Å². The predicted molar refractivity (Wildman–Crippen MR) is 96.2 cm³/mol. The molecule has 128 valence electrons. The van der Waals surface area contributed by atoms with Gasteiger partial charge in [0.1, 0.15) is 6.04 Å². The van der Waals surface area contributed by atoms with Crippen LogP contribution in [0.15, 0.2) is 29.4 Å². The summed E-state index contributed by atoms with van der Waals surface area (Å²) in [7, 11) is 4.09. The quantitative estimate of drug-likeness (QED) is 0.857. The van der Waals surface area contributed by atoms with Gasteiger partial charge in [0.2, 0.25) is 5.91 Å². The normalized spacial score (nSPS) is 31.0. The molecule has 5 rings (SSSR count). The number of hydrazone groups is 1. The van der Waals surface area contributed by atoms with E-state index in [-0.39, 0.29) is 18.0 Å². The van der Waals surface area contributed by atoms with Crippen LogP contribution in [0.4, 0.5) is 5.69 Å². The van der Waals surface area contributed by atoms with E-state index in [9.17, 15) is 4.79 Å². The summed E-state index contributed by atoms with van der Waals surface area (Å²) in [6.45, 7) is 4.19. The highest BCUT2D eigenvalue weighted by molar-refractivity contribution is 5.97. The van der Waals surface area contributed by atoms with Crippen LogP contribution in [-0.2, 0) is 4.79 Å². The van der Waals surface area contributed by atoms with Gasteiger partial charge in [-0.3, -0.25) is 9.69 Å². The van der Waals surface area contributed by atoms with Crippen LogP contribution < -0.4 is 4.90 Å². The smallest absolute Gasteiger partial charge is 0.243 e. The molecule has 2 atom stereocenters. The third-order valence-electron chi connectivity index (χ3n) is 5.74. The minimum Gasteiger partial charge on any atom is -0.378 e. The van der Waals surface area contributed by atoms with Gasteiger partial charge in [0.25, 0.3) is 0 Å². The third-order valence-corrected chi connectivity index (χ3v) is 5.74. The van der Waals surface area contributed by atoms with Crippen molar-refractivity contribution in [3.63, 3.8) is 0 Å². The third kappa shape index (κ3) is 2.34. The highest BCUT2D eigenvalue weighted by Gasteiger charge is 2.50. The zero-order chi connectivity index (χ0) is 16.8. The summed E-state index contributed by atoms with van der Waals surface area (Å²) < 4.78 is 0. The summed E-state index contributed by atoms with van der Waals surface area (Å²) in [6.07, 6.45) is 2.88. The van der Waals surface area contributed by atoms with Crippen molar-refractivity contribution in [1.82, 2.24) is 9.91 Å². The van der Waals surface area contributed by atoms with Gasteiger partial charge in [0, 0.05) is 32.1 Å². The zero-order valence-corrected chi connectivity index (χ0v) is 14.8. The van der Waals surface area contributed by atoms with Crippen LogP contribution in [0.3, 0.4) is 0 Å². The van der Waals surface area contributed by atoms with Gasteiger partial charge in [-0.05, 0) is 43.6 Å². The second kappa shape index (κ2) is 5.88. The van der Waals surface area contributed by atoms with E-state index in [1.807, 2.05) is 21.0 Å². The molecule has 0 saturated carbocycles. The Labute approximate surface area is 143 Å². The number of amides is 1. The van der Waals surface area contributed by atoms with Gasteiger partial charge in [0.15, 0.2) is 0 Å². The minimum absolute atomic E-state index is 0.0340. The molecule has 1 amide bonds. The Morgan fingerprint density at radius 2 is 1.83 bits per heavy atom. The summed E-state index contributed by atoms with van der Waals surface area (Å²) in [6, 6.07) is 8.91. The number of nitrogens with zero attached hydrogens (tertiary/aromatic N) is 4. The lowest BCUT2D eigenvalue weighted by molar-refractivity contribution is -0.133. The molecule has 4 aliphatic rings. The molecule has 0 aromatic heterocycles. The van der Waals surface area contributed by atoms with Gasteiger partial charge >= 0.3 is 0 Å². The van der Waals surface area contributed by atoms with Crippen LogP contribution in [0.1, 0.15) is 37.8 Å². The first-order valence-electron chi connectivity index (χ1n) is 9.02. The molecule has 0 radical (unpaired) electrons. The van der Waals surface area contributed by atoms with E-state index < -0.39 is 0 Å². The SMILES string of the molecule is CCC(=O)N1N=C2C3CCN(CC3)[C@H]2[C@H]1c1ccc(N(C)C)cc1. The monoisotopic (exact) mass is 326 g/mol. The van der Waals surface area contributed by atoms with Crippen molar-refractivity contribution in [3.8, 4) is 0 Å². The molecule has 24 heavy (non-hydrogen) atoms. The van der Waals surface area contributed by atoms with E-state index in [0.717, 1.165) is 13.1 Å². The lowest BCUT2D eigenvalue weighted by Gasteiger charge is -2.46. The molecule has 0 aliphatic carbocycles. The van der Waals surface area contributed by atoms with Crippen molar-refractivity contribution in [1.29, 1.82) is 0 Å². The number of hydrogen-bond acceptors (Lipinski definition) is 4. The molecular formula is C19H26N4O. The highest BCUT2D eigenvalue weighted by atomic mass is 16.2. The molecule has 2 bridgehead atoms. The minimum atomic E-state index is 0.0340. The Morgan fingerprint density at radius 3 is 2.42 bits per heavy atom. The summed E-state index contributed by atoms with van der Waals surface area (Å²) in [5.41, 5.74) is 3.62. The fraction of sp³-hybridized carbons (Fsp3) is 0.579. The van der Waals surface area contributed by atoms with E-state index in [2.05, 4.69) is 34.1 Å². The van der Waals surface area contributed by atoms with Gasteiger partial charge in [-0.15, -0.1) is 0 Å². The Hall–Kier alpha value is -1.88. The fourth-order valence-corrected chi connectivity index (χ4v) is 4.39. The Morgan fingerprint density at radius 1 is 1.17 bits per heavy atom. The maximum absolute atomic E-state index is 12.5. The van der Waals surface area contributed by atoms with Gasteiger partial charge in [0.05, 0.1) is 11.8 Å². The number of anilines is 1. The maximum atomic E-state index is 12.5. The van der Waals surface area contributed by atoms with Crippen molar-refractivity contribution >= 4 is 17.3 Å². The first-order valence-corrected chi connectivity index (χ1v) is 9.02. The lowest BCUT2D eigenvalue weighted by atomic mass is 9.78. The van der Waals surface area contributed by atoms with Crippen molar-refractivity contribution < 1.29 is 4.79 Å². The summed E-state index contributed by atoms with van der Waals surface area (Å²) in [4.78, 5) is 17.2. The topological polar surface area (TPSA) is 39.2 Å². The molecule has 4 heterocycles. The molecule has 0 unspecified atom stereocenters. The molecule has 1 aromatic carbocycles. The van der Waals surface area contributed by atoms with Gasteiger partial charge < -0.3 is 4.90 Å². The highest BCUT2D eigenvalue weighted by Crippen LogP contribution is 2.43. The van der Waals surface area contributed by atoms with Crippen molar-refractivity contribution in [2.24, 2.45) is 11.0 Å². The summed E-state index contributed by atoms with van der Waals surface area (Å²) in [5.74, 6) is 0.692. The fourth-order valence-electron chi connectivity index (χ4n) is 4.39. The van der Waals surface area contributed by atoms with E-state index in [0.29, 0.717) is 12.3 Å². The summed E-state index contributed by atoms with van der Waals surface area (Å²) >= 11 is 0. The molecule has 5 nitrogen and oxygen atoms in total. The number of hydrogen-bond donors (Lipinski definition) is 0. The van der Waals surface area contributed by atoms with Gasteiger partial charge in [-0.1, -0.05) is 19.1 Å². The molecule has 1 aromatic rings. The molecule has 0 N–H and O–H groups in total. The number of carbonyl (C=O) groups is 1. The first kappa shape index (κ1) is 15.6. The number of piperidine rings is 3. The second-order valence-corrected chi connectivity index (χ2v) is 7.30. The summed E-state index contributed by atoms with van der Waals surface area (Å²) in [5, 5.41) is 6.61. The number of carbonyl (C=O) groups excluding carboxylic acids is 1. The number of rotatable bonds is 3.